The summed E-state index contributed by atoms with van der Waals surface area (Å²) in [6.07, 6.45) is -0.0883. The number of carbonyl (C=O) groups is 1. The number of esters is 1. The van der Waals surface area contributed by atoms with Crippen molar-refractivity contribution >= 4 is 38.4 Å². The monoisotopic (exact) mass is 259 g/mol. The number of aromatic amines is 1. The molecule has 0 aliphatic rings. The number of fused-ring (bicyclic) bond motifs is 3. The second kappa shape index (κ2) is 4.14. The Labute approximate surface area is 108 Å². The van der Waals surface area contributed by atoms with Gasteiger partial charge in [0.05, 0.1) is 6.10 Å². The standard InChI is InChI=1S/C14H13NO2S/c1-8(2)17-14(16)12-7-10-9-5-3-4-6-11(9)15-13(10)18-12/h3-8,15H,1-2H3. The Morgan fingerprint density at radius 2 is 2.06 bits per heavy atom. The summed E-state index contributed by atoms with van der Waals surface area (Å²) < 4.78 is 5.20. The molecule has 2 heterocycles. The molecule has 3 rings (SSSR count). The summed E-state index contributed by atoms with van der Waals surface area (Å²) in [7, 11) is 0. The second-order valence-electron chi connectivity index (χ2n) is 4.48. The molecule has 2 aromatic heterocycles. The van der Waals surface area contributed by atoms with Crippen molar-refractivity contribution in [1.29, 1.82) is 0 Å². The first kappa shape index (κ1) is 11.3. The molecule has 3 aromatic rings. The maximum atomic E-state index is 11.8. The predicted molar refractivity (Wildman–Crippen MR) is 74.2 cm³/mol. The van der Waals surface area contributed by atoms with Gasteiger partial charge in [0.15, 0.2) is 0 Å². The lowest BCUT2D eigenvalue weighted by Crippen LogP contribution is -2.09. The maximum Gasteiger partial charge on any atom is 0.348 e. The number of aromatic nitrogens is 1. The van der Waals surface area contributed by atoms with Crippen LogP contribution in [0.5, 0.6) is 0 Å². The summed E-state index contributed by atoms with van der Waals surface area (Å²) in [6, 6.07) is 9.99. The quantitative estimate of drug-likeness (QED) is 0.708. The van der Waals surface area contributed by atoms with E-state index < -0.39 is 0 Å². The van der Waals surface area contributed by atoms with E-state index in [-0.39, 0.29) is 12.1 Å². The molecule has 4 heteroatoms. The number of hydrogen-bond acceptors (Lipinski definition) is 3. The number of benzene rings is 1. The summed E-state index contributed by atoms with van der Waals surface area (Å²) in [6.45, 7) is 3.71. The highest BCUT2D eigenvalue weighted by atomic mass is 32.1. The number of nitrogens with one attached hydrogen (secondary N) is 1. The van der Waals surface area contributed by atoms with Crippen molar-refractivity contribution in [2.75, 3.05) is 0 Å². The Hall–Kier alpha value is -1.81. The van der Waals surface area contributed by atoms with E-state index in [1.807, 2.05) is 38.1 Å². The minimum atomic E-state index is -0.247. The van der Waals surface area contributed by atoms with Gasteiger partial charge in [-0.05, 0) is 26.0 Å². The van der Waals surface area contributed by atoms with Crippen molar-refractivity contribution in [2.45, 2.75) is 20.0 Å². The fraction of sp³-hybridized carbons (Fsp3) is 0.214. The highest BCUT2D eigenvalue weighted by Crippen LogP contribution is 2.32. The first-order valence-corrected chi connectivity index (χ1v) is 6.68. The molecule has 18 heavy (non-hydrogen) atoms. The normalized spacial score (nSPS) is 11.5. The molecule has 0 bridgehead atoms. The van der Waals surface area contributed by atoms with Crippen LogP contribution >= 0.6 is 11.3 Å². The van der Waals surface area contributed by atoms with E-state index in [1.54, 1.807) is 0 Å². The summed E-state index contributed by atoms with van der Waals surface area (Å²) in [5.41, 5.74) is 1.10. The van der Waals surface area contributed by atoms with Gasteiger partial charge in [-0.15, -0.1) is 11.3 Å². The van der Waals surface area contributed by atoms with Crippen LogP contribution in [0.3, 0.4) is 0 Å². The van der Waals surface area contributed by atoms with Crippen LogP contribution in [0.25, 0.3) is 21.1 Å². The van der Waals surface area contributed by atoms with Crippen LogP contribution in [0.15, 0.2) is 30.3 Å². The molecule has 0 amide bonds. The molecule has 0 saturated heterocycles. The fourth-order valence-corrected chi connectivity index (χ4v) is 2.97. The first-order chi connectivity index (χ1) is 8.65. The zero-order valence-electron chi connectivity index (χ0n) is 10.2. The molecule has 0 saturated carbocycles. The Balaban J connectivity index is 2.09. The van der Waals surface area contributed by atoms with E-state index in [4.69, 9.17) is 4.74 Å². The third-order valence-corrected chi connectivity index (χ3v) is 3.77. The number of ether oxygens (including phenoxy) is 1. The number of H-pyrrole nitrogens is 1. The number of para-hydroxylation sites is 1. The third-order valence-electron chi connectivity index (χ3n) is 2.74. The van der Waals surface area contributed by atoms with E-state index in [2.05, 4.69) is 11.1 Å². The predicted octanol–water partition coefficient (Wildman–Crippen LogP) is 3.95. The topological polar surface area (TPSA) is 42.1 Å². The SMILES string of the molecule is CC(C)OC(=O)c1cc2c([nH]c3ccccc32)s1. The Kier molecular flexibility index (Phi) is 2.59. The van der Waals surface area contributed by atoms with Crippen LogP contribution in [-0.2, 0) is 4.74 Å². The Morgan fingerprint density at radius 3 is 2.83 bits per heavy atom. The highest BCUT2D eigenvalue weighted by Gasteiger charge is 2.15. The van der Waals surface area contributed by atoms with Gasteiger partial charge < -0.3 is 9.72 Å². The molecule has 1 aromatic carbocycles. The molecule has 1 N–H and O–H groups in total. The summed E-state index contributed by atoms with van der Waals surface area (Å²) >= 11 is 1.44. The van der Waals surface area contributed by atoms with Gasteiger partial charge in [-0.2, -0.15) is 0 Å². The van der Waals surface area contributed by atoms with E-state index in [9.17, 15) is 4.79 Å². The first-order valence-electron chi connectivity index (χ1n) is 5.86. The average Bonchev–Trinajstić information content (AvgIpc) is 2.84. The third kappa shape index (κ3) is 1.78. The second-order valence-corrected chi connectivity index (χ2v) is 5.53. The van der Waals surface area contributed by atoms with Gasteiger partial charge in [-0.3, -0.25) is 0 Å². The van der Waals surface area contributed by atoms with Gasteiger partial charge in [0.2, 0.25) is 0 Å². The van der Waals surface area contributed by atoms with Crippen molar-refractivity contribution in [2.24, 2.45) is 0 Å². The average molecular weight is 259 g/mol. The van der Waals surface area contributed by atoms with E-state index in [1.165, 1.54) is 11.3 Å². The van der Waals surface area contributed by atoms with Gasteiger partial charge in [0.1, 0.15) is 9.71 Å². The van der Waals surface area contributed by atoms with Crippen LogP contribution in [0, 0.1) is 0 Å². The number of carbonyl (C=O) groups excluding carboxylic acids is 1. The van der Waals surface area contributed by atoms with Gasteiger partial charge in [0, 0.05) is 16.3 Å². The molecular formula is C14H13NO2S. The largest absolute Gasteiger partial charge is 0.459 e. The summed E-state index contributed by atoms with van der Waals surface area (Å²) in [4.78, 5) is 16.8. The minimum absolute atomic E-state index is 0.0883. The minimum Gasteiger partial charge on any atom is -0.459 e. The summed E-state index contributed by atoms with van der Waals surface area (Å²) in [5.74, 6) is -0.247. The van der Waals surface area contributed by atoms with Crippen LogP contribution in [0.1, 0.15) is 23.5 Å². The number of thiophene rings is 1. The van der Waals surface area contributed by atoms with Crippen LogP contribution in [0.4, 0.5) is 0 Å². The Bertz CT molecular complexity index is 724. The molecular weight excluding hydrogens is 246 g/mol. The van der Waals surface area contributed by atoms with Crippen molar-refractivity contribution in [3.63, 3.8) is 0 Å². The smallest absolute Gasteiger partial charge is 0.348 e. The van der Waals surface area contributed by atoms with Gasteiger partial charge in [0.25, 0.3) is 0 Å². The molecule has 0 fully saturated rings. The molecule has 3 nitrogen and oxygen atoms in total. The van der Waals surface area contributed by atoms with Gasteiger partial charge in [-0.1, -0.05) is 18.2 Å². The van der Waals surface area contributed by atoms with Crippen LogP contribution in [0.2, 0.25) is 0 Å². The van der Waals surface area contributed by atoms with Crippen LogP contribution in [-0.4, -0.2) is 17.1 Å². The fourth-order valence-electron chi connectivity index (χ4n) is 2.01. The molecule has 0 atom stereocenters. The molecule has 0 radical (unpaired) electrons. The Morgan fingerprint density at radius 1 is 1.28 bits per heavy atom. The van der Waals surface area contributed by atoms with E-state index in [0.29, 0.717) is 4.88 Å². The number of hydrogen-bond donors (Lipinski definition) is 1. The van der Waals surface area contributed by atoms with E-state index in [0.717, 1.165) is 21.1 Å². The molecule has 0 aliphatic carbocycles. The molecule has 0 spiro atoms. The summed E-state index contributed by atoms with van der Waals surface area (Å²) in [5, 5.41) is 2.23. The molecule has 92 valence electrons. The van der Waals surface area contributed by atoms with Crippen molar-refractivity contribution < 1.29 is 9.53 Å². The van der Waals surface area contributed by atoms with Gasteiger partial charge >= 0.3 is 5.97 Å². The van der Waals surface area contributed by atoms with Crippen molar-refractivity contribution in [3.05, 3.63) is 35.2 Å². The van der Waals surface area contributed by atoms with E-state index >= 15 is 0 Å². The number of rotatable bonds is 2. The van der Waals surface area contributed by atoms with Crippen LogP contribution < -0.4 is 0 Å². The van der Waals surface area contributed by atoms with Crippen molar-refractivity contribution in [1.82, 2.24) is 4.98 Å². The van der Waals surface area contributed by atoms with Gasteiger partial charge in [-0.25, -0.2) is 4.79 Å². The zero-order valence-corrected chi connectivity index (χ0v) is 11.0. The van der Waals surface area contributed by atoms with Crippen molar-refractivity contribution in [3.8, 4) is 0 Å². The maximum absolute atomic E-state index is 11.8. The molecule has 0 unspecified atom stereocenters. The highest BCUT2D eigenvalue weighted by molar-refractivity contribution is 7.20. The zero-order chi connectivity index (χ0) is 12.7. The lowest BCUT2D eigenvalue weighted by Gasteiger charge is -2.05. The lowest BCUT2D eigenvalue weighted by molar-refractivity contribution is 0.0384. The lowest BCUT2D eigenvalue weighted by atomic mass is 10.2. The molecule has 0 aliphatic heterocycles.